The molecule has 0 unspecified atom stereocenters. The van der Waals surface area contributed by atoms with E-state index in [1.165, 1.54) is 48.7 Å². The Morgan fingerprint density at radius 3 is 2.81 bits per heavy atom. The largest absolute Gasteiger partial charge is 0.452 e. The smallest absolute Gasteiger partial charge is 0.331 e. The number of aryl methyl sites for hydroxylation is 1. The predicted molar refractivity (Wildman–Crippen MR) is 106 cm³/mol. The van der Waals surface area contributed by atoms with E-state index in [4.69, 9.17) is 4.74 Å². The molecule has 1 saturated carbocycles. The molecule has 0 saturated heterocycles. The van der Waals surface area contributed by atoms with Crippen LogP contribution in [0.25, 0.3) is 6.08 Å². The Morgan fingerprint density at radius 2 is 2.11 bits per heavy atom. The molecule has 1 aromatic heterocycles. The van der Waals surface area contributed by atoms with E-state index in [9.17, 15) is 9.59 Å². The normalized spacial score (nSPS) is 17.0. The maximum absolute atomic E-state index is 11.9. The average molecular weight is 370 g/mol. The standard InChI is InChI=1S/C22H30N2O3/c1-16-14-19(17(2)24(16)20-9-10-20)8-11-22(26)27-15-21(25)23-13-12-18-6-4-3-5-7-18/h6,8,11,14,20H,3-5,7,9-10,12-13,15H2,1-2H3,(H,23,25)/b11-8+. The number of carbonyl (C=O) groups excluding carboxylic acids is 2. The number of nitrogens with one attached hydrogen (secondary N) is 1. The van der Waals surface area contributed by atoms with Gasteiger partial charge in [0.05, 0.1) is 0 Å². The Labute approximate surface area is 161 Å². The van der Waals surface area contributed by atoms with Crippen LogP contribution in [0.4, 0.5) is 0 Å². The fraction of sp³-hybridized carbons (Fsp3) is 0.545. The highest BCUT2D eigenvalue weighted by Gasteiger charge is 2.26. The molecule has 1 N–H and O–H groups in total. The van der Waals surface area contributed by atoms with E-state index in [0.717, 1.165) is 24.8 Å². The predicted octanol–water partition coefficient (Wildman–Crippen LogP) is 4.00. The summed E-state index contributed by atoms with van der Waals surface area (Å²) in [5, 5.41) is 2.81. The van der Waals surface area contributed by atoms with Crippen LogP contribution in [-0.2, 0) is 14.3 Å². The summed E-state index contributed by atoms with van der Waals surface area (Å²) in [6.45, 7) is 4.54. The first kappa shape index (κ1) is 19.5. The summed E-state index contributed by atoms with van der Waals surface area (Å²) in [7, 11) is 0. The molecule has 5 nitrogen and oxygen atoms in total. The third-order valence-electron chi connectivity index (χ3n) is 5.33. The zero-order valence-electron chi connectivity index (χ0n) is 16.4. The summed E-state index contributed by atoms with van der Waals surface area (Å²) in [5.74, 6) is -0.739. The molecule has 1 amide bonds. The highest BCUT2D eigenvalue weighted by atomic mass is 16.5. The van der Waals surface area contributed by atoms with Crippen LogP contribution in [0.2, 0.25) is 0 Å². The van der Waals surface area contributed by atoms with Crippen LogP contribution in [0.1, 0.15) is 67.9 Å². The Morgan fingerprint density at radius 1 is 1.30 bits per heavy atom. The summed E-state index contributed by atoms with van der Waals surface area (Å²) in [5.41, 5.74) is 4.84. The van der Waals surface area contributed by atoms with E-state index in [2.05, 4.69) is 35.9 Å². The number of ether oxygens (including phenoxy) is 1. The number of carbonyl (C=O) groups is 2. The SMILES string of the molecule is Cc1cc(/C=C/C(=O)OCC(=O)NCCC2=CCCCC2)c(C)n1C1CC1. The summed E-state index contributed by atoms with van der Waals surface area (Å²) < 4.78 is 7.38. The number of nitrogens with zero attached hydrogens (tertiary/aromatic N) is 1. The van der Waals surface area contributed by atoms with E-state index < -0.39 is 5.97 Å². The molecule has 1 heterocycles. The van der Waals surface area contributed by atoms with Gasteiger partial charge in [-0.15, -0.1) is 0 Å². The molecular weight excluding hydrogens is 340 g/mol. The molecule has 0 atom stereocenters. The van der Waals surface area contributed by atoms with E-state index in [0.29, 0.717) is 12.6 Å². The second-order valence-corrected chi connectivity index (χ2v) is 7.58. The van der Waals surface area contributed by atoms with Gasteiger partial charge in [0.25, 0.3) is 5.91 Å². The molecule has 0 bridgehead atoms. The molecule has 0 aromatic carbocycles. The van der Waals surface area contributed by atoms with Crippen LogP contribution in [0.5, 0.6) is 0 Å². The van der Waals surface area contributed by atoms with Crippen molar-refractivity contribution in [2.24, 2.45) is 0 Å². The van der Waals surface area contributed by atoms with Crippen molar-refractivity contribution in [3.05, 3.63) is 40.7 Å². The third-order valence-corrected chi connectivity index (χ3v) is 5.33. The molecule has 2 aliphatic rings. The lowest BCUT2D eigenvalue weighted by molar-refractivity contribution is -0.143. The fourth-order valence-electron chi connectivity index (χ4n) is 3.75. The van der Waals surface area contributed by atoms with Gasteiger partial charge >= 0.3 is 5.97 Å². The second-order valence-electron chi connectivity index (χ2n) is 7.58. The maximum Gasteiger partial charge on any atom is 0.331 e. The average Bonchev–Trinajstić information content (AvgIpc) is 3.45. The minimum Gasteiger partial charge on any atom is -0.452 e. The zero-order valence-corrected chi connectivity index (χ0v) is 16.4. The van der Waals surface area contributed by atoms with Crippen LogP contribution in [0, 0.1) is 13.8 Å². The number of rotatable bonds is 8. The Hall–Kier alpha value is -2.30. The number of amides is 1. The Kier molecular flexibility index (Phi) is 6.54. The van der Waals surface area contributed by atoms with Crippen LogP contribution < -0.4 is 5.32 Å². The quantitative estimate of drug-likeness (QED) is 0.427. The van der Waals surface area contributed by atoms with E-state index >= 15 is 0 Å². The minimum absolute atomic E-state index is 0.233. The molecule has 5 heteroatoms. The zero-order chi connectivity index (χ0) is 19.2. The van der Waals surface area contributed by atoms with Gasteiger partial charge in [0.1, 0.15) is 0 Å². The molecule has 0 radical (unpaired) electrons. The molecule has 2 aliphatic carbocycles. The third kappa shape index (κ3) is 5.59. The van der Waals surface area contributed by atoms with E-state index in [1.807, 2.05) is 0 Å². The van der Waals surface area contributed by atoms with E-state index in [1.54, 1.807) is 6.08 Å². The lowest BCUT2D eigenvalue weighted by Crippen LogP contribution is -2.29. The molecule has 0 spiro atoms. The first-order valence-corrected chi connectivity index (χ1v) is 10.0. The van der Waals surface area contributed by atoms with Gasteiger partial charge in [-0.3, -0.25) is 4.79 Å². The number of esters is 1. The molecule has 1 fully saturated rings. The molecule has 0 aliphatic heterocycles. The topological polar surface area (TPSA) is 60.3 Å². The summed E-state index contributed by atoms with van der Waals surface area (Å²) in [4.78, 5) is 23.7. The lowest BCUT2D eigenvalue weighted by Gasteiger charge is -2.12. The first-order chi connectivity index (χ1) is 13.0. The molecule has 27 heavy (non-hydrogen) atoms. The first-order valence-electron chi connectivity index (χ1n) is 10.0. The van der Waals surface area contributed by atoms with Gasteiger partial charge < -0.3 is 14.6 Å². The van der Waals surface area contributed by atoms with E-state index in [-0.39, 0.29) is 12.5 Å². The van der Waals surface area contributed by atoms with Gasteiger partial charge in [-0.05, 0) is 76.5 Å². The van der Waals surface area contributed by atoms with Gasteiger partial charge in [0, 0.05) is 30.1 Å². The van der Waals surface area contributed by atoms with Crippen molar-refractivity contribution in [3.8, 4) is 0 Å². The van der Waals surface area contributed by atoms with Crippen LogP contribution in [0.15, 0.2) is 23.8 Å². The van der Waals surface area contributed by atoms with Crippen molar-refractivity contribution in [2.45, 2.75) is 64.8 Å². The molecule has 146 valence electrons. The van der Waals surface area contributed by atoms with Crippen molar-refractivity contribution in [1.29, 1.82) is 0 Å². The van der Waals surface area contributed by atoms with Crippen LogP contribution in [-0.4, -0.2) is 29.6 Å². The van der Waals surface area contributed by atoms with Gasteiger partial charge in [-0.1, -0.05) is 11.6 Å². The van der Waals surface area contributed by atoms with Crippen molar-refractivity contribution in [2.75, 3.05) is 13.2 Å². The van der Waals surface area contributed by atoms with Gasteiger partial charge in [-0.25, -0.2) is 4.79 Å². The van der Waals surface area contributed by atoms with Crippen molar-refractivity contribution in [3.63, 3.8) is 0 Å². The number of hydrogen-bond acceptors (Lipinski definition) is 3. The number of hydrogen-bond donors (Lipinski definition) is 1. The summed E-state index contributed by atoms with van der Waals surface area (Å²) in [6.07, 6.45) is 13.6. The molecular formula is C22H30N2O3. The van der Waals surface area contributed by atoms with Crippen molar-refractivity contribution >= 4 is 18.0 Å². The van der Waals surface area contributed by atoms with Crippen LogP contribution in [0.3, 0.4) is 0 Å². The maximum atomic E-state index is 11.9. The minimum atomic E-state index is -0.489. The summed E-state index contributed by atoms with van der Waals surface area (Å²) in [6, 6.07) is 2.71. The Balaban J connectivity index is 1.39. The van der Waals surface area contributed by atoms with Crippen molar-refractivity contribution in [1.82, 2.24) is 9.88 Å². The van der Waals surface area contributed by atoms with Crippen LogP contribution >= 0.6 is 0 Å². The van der Waals surface area contributed by atoms with Gasteiger partial charge in [0.2, 0.25) is 0 Å². The molecule has 3 rings (SSSR count). The van der Waals surface area contributed by atoms with Crippen molar-refractivity contribution < 1.29 is 14.3 Å². The highest BCUT2D eigenvalue weighted by molar-refractivity contribution is 5.89. The highest BCUT2D eigenvalue weighted by Crippen LogP contribution is 2.38. The number of aromatic nitrogens is 1. The fourth-order valence-corrected chi connectivity index (χ4v) is 3.75. The second kappa shape index (κ2) is 9.07. The van der Waals surface area contributed by atoms with Gasteiger partial charge in [-0.2, -0.15) is 0 Å². The summed E-state index contributed by atoms with van der Waals surface area (Å²) >= 11 is 0. The molecule has 1 aromatic rings. The lowest BCUT2D eigenvalue weighted by atomic mass is 9.97. The Bertz CT molecular complexity index is 754. The number of allylic oxidation sites excluding steroid dienone is 1. The van der Waals surface area contributed by atoms with Gasteiger partial charge in [0.15, 0.2) is 6.61 Å². The monoisotopic (exact) mass is 370 g/mol.